The first-order valence-corrected chi connectivity index (χ1v) is 9.06. The zero-order valence-electron chi connectivity index (χ0n) is 15.1. The molecule has 0 saturated heterocycles. The number of aromatic nitrogens is 1. The van der Waals surface area contributed by atoms with Crippen molar-refractivity contribution >= 4 is 34.1 Å². The average molecular weight is 386 g/mol. The number of nitro groups is 1. The molecule has 0 aliphatic heterocycles. The van der Waals surface area contributed by atoms with Gasteiger partial charge in [-0.3, -0.25) is 14.9 Å². The summed E-state index contributed by atoms with van der Waals surface area (Å²) in [5.74, 6) is -0.0947. The van der Waals surface area contributed by atoms with Gasteiger partial charge >= 0.3 is 0 Å². The predicted octanol–water partition coefficient (Wildman–Crippen LogP) is 4.78. The number of aryl methyl sites for hydroxylation is 1. The quantitative estimate of drug-likeness (QED) is 0.490. The van der Waals surface area contributed by atoms with Crippen LogP contribution < -0.4 is 5.32 Å². The van der Waals surface area contributed by atoms with Crippen molar-refractivity contribution in [2.45, 2.75) is 32.9 Å². The highest BCUT2D eigenvalue weighted by Crippen LogP contribution is 2.29. The molecule has 27 heavy (non-hydrogen) atoms. The van der Waals surface area contributed by atoms with Crippen molar-refractivity contribution in [1.29, 1.82) is 0 Å². The van der Waals surface area contributed by atoms with E-state index in [9.17, 15) is 14.9 Å². The van der Waals surface area contributed by atoms with Crippen LogP contribution in [0.2, 0.25) is 5.02 Å². The summed E-state index contributed by atoms with van der Waals surface area (Å²) in [4.78, 5) is 23.4. The number of amides is 1. The number of non-ortho nitro benzene ring substituents is 1. The topological polar surface area (TPSA) is 77.2 Å². The standard InChI is InChI=1S/C20H20ClN3O3/c1-3-18(20(25)22-11-14-4-6-15(21)7-5-14)23-12-13(2)17-10-16(24(26)27)8-9-19(17)23/h4-10,12,18H,3,11H2,1-2H3,(H,22,25). The van der Waals surface area contributed by atoms with Crippen LogP contribution in [0.1, 0.15) is 30.5 Å². The highest BCUT2D eigenvalue weighted by molar-refractivity contribution is 6.30. The van der Waals surface area contributed by atoms with Gasteiger partial charge in [-0.05, 0) is 42.7 Å². The van der Waals surface area contributed by atoms with E-state index in [-0.39, 0.29) is 11.6 Å². The lowest BCUT2D eigenvalue weighted by Crippen LogP contribution is -2.31. The van der Waals surface area contributed by atoms with Crippen LogP contribution >= 0.6 is 11.6 Å². The fraction of sp³-hybridized carbons (Fsp3) is 0.250. The van der Waals surface area contributed by atoms with Crippen LogP contribution in [0.15, 0.2) is 48.7 Å². The molecule has 1 N–H and O–H groups in total. The fourth-order valence-corrected chi connectivity index (χ4v) is 3.33. The molecule has 1 atom stereocenters. The second kappa shape index (κ2) is 7.80. The number of benzene rings is 2. The molecule has 3 aromatic rings. The SMILES string of the molecule is CCC(C(=O)NCc1ccc(Cl)cc1)n1cc(C)c2cc([N+](=O)[O-])ccc21. The van der Waals surface area contributed by atoms with Gasteiger partial charge in [-0.1, -0.05) is 30.7 Å². The largest absolute Gasteiger partial charge is 0.350 e. The van der Waals surface area contributed by atoms with Gasteiger partial charge in [-0.25, -0.2) is 0 Å². The molecule has 140 valence electrons. The molecule has 2 aromatic carbocycles. The van der Waals surface area contributed by atoms with Gasteiger partial charge in [-0.2, -0.15) is 0 Å². The van der Waals surface area contributed by atoms with Gasteiger partial charge < -0.3 is 9.88 Å². The molecule has 0 spiro atoms. The van der Waals surface area contributed by atoms with Gasteiger partial charge in [-0.15, -0.1) is 0 Å². The molecule has 0 saturated carbocycles. The highest BCUT2D eigenvalue weighted by Gasteiger charge is 2.21. The summed E-state index contributed by atoms with van der Waals surface area (Å²) < 4.78 is 1.89. The number of fused-ring (bicyclic) bond motifs is 1. The van der Waals surface area contributed by atoms with E-state index in [2.05, 4.69) is 5.32 Å². The zero-order valence-corrected chi connectivity index (χ0v) is 15.9. The maximum absolute atomic E-state index is 12.8. The van der Waals surface area contributed by atoms with Crippen molar-refractivity contribution in [3.05, 3.63) is 74.9 Å². The summed E-state index contributed by atoms with van der Waals surface area (Å²) in [6, 6.07) is 11.7. The number of carbonyl (C=O) groups excluding carboxylic acids is 1. The van der Waals surface area contributed by atoms with Crippen LogP contribution in [-0.4, -0.2) is 15.4 Å². The monoisotopic (exact) mass is 385 g/mol. The molecule has 0 aliphatic carbocycles. The Balaban J connectivity index is 1.85. The van der Waals surface area contributed by atoms with Crippen molar-refractivity contribution in [2.75, 3.05) is 0 Å². The third-order valence-electron chi connectivity index (χ3n) is 4.63. The number of hydrogen-bond donors (Lipinski definition) is 1. The number of carbonyl (C=O) groups is 1. The molecule has 3 rings (SSSR count). The van der Waals surface area contributed by atoms with Gasteiger partial charge in [0.05, 0.1) is 4.92 Å². The van der Waals surface area contributed by atoms with E-state index in [4.69, 9.17) is 11.6 Å². The minimum atomic E-state index is -0.410. The number of nitro benzene ring substituents is 1. The lowest BCUT2D eigenvalue weighted by Gasteiger charge is -2.18. The second-order valence-electron chi connectivity index (χ2n) is 6.45. The molecule has 1 unspecified atom stereocenters. The third kappa shape index (κ3) is 3.95. The van der Waals surface area contributed by atoms with Crippen molar-refractivity contribution in [2.24, 2.45) is 0 Å². The Kier molecular flexibility index (Phi) is 5.46. The Morgan fingerprint density at radius 3 is 2.59 bits per heavy atom. The van der Waals surface area contributed by atoms with Crippen LogP contribution in [0.5, 0.6) is 0 Å². The van der Waals surface area contributed by atoms with Crippen molar-refractivity contribution in [3.8, 4) is 0 Å². The highest BCUT2D eigenvalue weighted by atomic mass is 35.5. The summed E-state index contributed by atoms with van der Waals surface area (Å²) in [6.07, 6.45) is 2.48. The minimum absolute atomic E-state index is 0.0450. The van der Waals surface area contributed by atoms with Crippen LogP contribution in [-0.2, 0) is 11.3 Å². The van der Waals surface area contributed by atoms with Crippen molar-refractivity contribution in [1.82, 2.24) is 9.88 Å². The molecule has 0 aliphatic rings. The van der Waals surface area contributed by atoms with E-state index in [1.807, 2.05) is 36.7 Å². The molecule has 7 heteroatoms. The lowest BCUT2D eigenvalue weighted by atomic mass is 10.1. The Labute approximate surface area is 161 Å². The van der Waals surface area contributed by atoms with E-state index in [1.165, 1.54) is 6.07 Å². The Bertz CT molecular complexity index is 996. The number of nitrogens with zero attached hydrogens (tertiary/aromatic N) is 2. The maximum atomic E-state index is 12.8. The Hall–Kier alpha value is -2.86. The van der Waals surface area contributed by atoms with Crippen molar-refractivity contribution < 1.29 is 9.72 Å². The molecular formula is C20H20ClN3O3. The zero-order chi connectivity index (χ0) is 19.6. The lowest BCUT2D eigenvalue weighted by molar-refractivity contribution is -0.384. The summed E-state index contributed by atoms with van der Waals surface area (Å²) in [7, 11) is 0. The summed E-state index contributed by atoms with van der Waals surface area (Å²) in [5, 5.41) is 15.4. The first-order valence-electron chi connectivity index (χ1n) is 8.68. The number of rotatable bonds is 6. The van der Waals surface area contributed by atoms with Crippen molar-refractivity contribution in [3.63, 3.8) is 0 Å². The fourth-order valence-electron chi connectivity index (χ4n) is 3.20. The Morgan fingerprint density at radius 1 is 1.26 bits per heavy atom. The third-order valence-corrected chi connectivity index (χ3v) is 4.88. The molecule has 1 aromatic heterocycles. The Morgan fingerprint density at radius 2 is 1.96 bits per heavy atom. The molecule has 1 amide bonds. The summed E-state index contributed by atoms with van der Waals surface area (Å²) in [6.45, 7) is 4.25. The first kappa shape index (κ1) is 18.9. The summed E-state index contributed by atoms with van der Waals surface area (Å²) >= 11 is 5.88. The molecule has 0 fully saturated rings. The predicted molar refractivity (Wildman–Crippen MR) is 106 cm³/mol. The number of halogens is 1. The molecular weight excluding hydrogens is 366 g/mol. The smallest absolute Gasteiger partial charge is 0.270 e. The minimum Gasteiger partial charge on any atom is -0.350 e. The van der Waals surface area contributed by atoms with E-state index >= 15 is 0 Å². The molecule has 0 radical (unpaired) electrons. The number of hydrogen-bond acceptors (Lipinski definition) is 3. The van der Waals surface area contributed by atoms with Gasteiger partial charge in [0.25, 0.3) is 5.69 Å². The first-order chi connectivity index (χ1) is 12.9. The molecule has 1 heterocycles. The summed E-state index contributed by atoms with van der Waals surface area (Å²) in [5.41, 5.74) is 2.72. The van der Waals surface area contributed by atoms with E-state index < -0.39 is 11.0 Å². The molecule has 6 nitrogen and oxygen atoms in total. The van der Waals surface area contributed by atoms with Gasteiger partial charge in [0.2, 0.25) is 5.91 Å². The molecule has 0 bridgehead atoms. The van der Waals surface area contributed by atoms with Crippen LogP contribution in [0.25, 0.3) is 10.9 Å². The van der Waals surface area contributed by atoms with E-state index in [1.54, 1.807) is 24.3 Å². The number of nitrogens with one attached hydrogen (secondary N) is 1. The van der Waals surface area contributed by atoms with Crippen LogP contribution in [0, 0.1) is 17.0 Å². The van der Waals surface area contributed by atoms with E-state index in [0.29, 0.717) is 18.0 Å². The maximum Gasteiger partial charge on any atom is 0.270 e. The average Bonchev–Trinajstić information content (AvgIpc) is 2.98. The van der Waals surface area contributed by atoms with Crippen LogP contribution in [0.3, 0.4) is 0 Å². The van der Waals surface area contributed by atoms with Gasteiger partial charge in [0.1, 0.15) is 6.04 Å². The normalized spacial score (nSPS) is 12.1. The van der Waals surface area contributed by atoms with Crippen LogP contribution in [0.4, 0.5) is 5.69 Å². The second-order valence-corrected chi connectivity index (χ2v) is 6.88. The van der Waals surface area contributed by atoms with E-state index in [0.717, 1.165) is 22.0 Å². The van der Waals surface area contributed by atoms with Gasteiger partial charge in [0, 0.05) is 40.8 Å². The van der Waals surface area contributed by atoms with Gasteiger partial charge in [0.15, 0.2) is 0 Å².